The van der Waals surface area contributed by atoms with Crippen molar-refractivity contribution >= 4 is 46.8 Å². The van der Waals surface area contributed by atoms with E-state index in [0.29, 0.717) is 54.4 Å². The molecule has 4 amide bonds. The maximum atomic E-state index is 16.5. The van der Waals surface area contributed by atoms with E-state index in [2.05, 4.69) is 15.5 Å². The molecule has 7 atom stereocenters. The second-order valence-corrected chi connectivity index (χ2v) is 17.4. The van der Waals surface area contributed by atoms with Gasteiger partial charge >= 0.3 is 18.0 Å². The highest BCUT2D eigenvalue weighted by Crippen LogP contribution is 2.66. The van der Waals surface area contributed by atoms with Crippen LogP contribution in [-0.4, -0.2) is 98.5 Å². The summed E-state index contributed by atoms with van der Waals surface area (Å²) in [6.07, 6.45) is -0.940. The molecule has 0 unspecified atom stereocenters. The topological polar surface area (TPSA) is 176 Å². The van der Waals surface area contributed by atoms with Gasteiger partial charge in [-0.15, -0.1) is 0 Å². The Bertz CT molecular complexity index is 2620. The van der Waals surface area contributed by atoms with Crippen molar-refractivity contribution in [2.75, 3.05) is 61.7 Å². The summed E-state index contributed by atoms with van der Waals surface area (Å²) in [6.45, 7) is 5.64. The fourth-order valence-corrected chi connectivity index (χ4v) is 10.4. The molecule has 9 rings (SSSR count). The van der Waals surface area contributed by atoms with Crippen molar-refractivity contribution in [2.24, 2.45) is 11.8 Å². The summed E-state index contributed by atoms with van der Waals surface area (Å²) < 4.78 is 23.4. The zero-order chi connectivity index (χ0) is 46.8. The van der Waals surface area contributed by atoms with Gasteiger partial charge in [-0.05, 0) is 59.0 Å². The number of hydrogen-bond donors (Lipinski definition) is 3. The fraction of sp³-hybridized carbons (Fsp3) is 0.327. The second-order valence-electron chi connectivity index (χ2n) is 17.4. The lowest BCUT2D eigenvalue weighted by Gasteiger charge is -2.46. The molecular weight excluding hydrogens is 855 g/mol. The molecule has 3 saturated heterocycles. The molecule has 3 fully saturated rings. The van der Waals surface area contributed by atoms with Crippen LogP contribution >= 0.6 is 0 Å². The monoisotopic (exact) mass is 907 g/mol. The van der Waals surface area contributed by atoms with E-state index in [9.17, 15) is 14.7 Å². The van der Waals surface area contributed by atoms with Gasteiger partial charge in [0.1, 0.15) is 36.0 Å². The number of rotatable bonds is 12. The Hall–Kier alpha value is -7.07. The smallest absolute Gasteiger partial charge is 0.329 e. The molecule has 1 spiro atoms. The number of benzene rings is 5. The molecule has 3 N–H and O–H groups in total. The fourth-order valence-electron chi connectivity index (χ4n) is 10.4. The van der Waals surface area contributed by atoms with Gasteiger partial charge in [-0.25, -0.2) is 14.5 Å². The van der Waals surface area contributed by atoms with Crippen molar-refractivity contribution < 1.29 is 48.0 Å². The number of aliphatic hydroxyl groups is 1. The molecule has 5 aromatic carbocycles. The van der Waals surface area contributed by atoms with Gasteiger partial charge in [0.15, 0.2) is 0 Å². The van der Waals surface area contributed by atoms with Gasteiger partial charge in [-0.3, -0.25) is 19.3 Å². The predicted octanol–water partition coefficient (Wildman–Crippen LogP) is 6.11. The van der Waals surface area contributed by atoms with E-state index in [4.69, 9.17) is 18.9 Å². The highest BCUT2D eigenvalue weighted by Gasteiger charge is 2.76. The molecular formula is C52H53N5O10. The number of hydrogen-bond acceptors (Lipinski definition) is 12. The van der Waals surface area contributed by atoms with E-state index in [1.165, 1.54) is 7.11 Å². The zero-order valence-corrected chi connectivity index (χ0v) is 37.4. The number of fused-ring (bicyclic) bond motifs is 3. The van der Waals surface area contributed by atoms with Crippen LogP contribution in [0.5, 0.6) is 5.75 Å². The average molecular weight is 908 g/mol. The number of carbonyl (C=O) groups excluding carboxylic acids is 5. The number of esters is 2. The summed E-state index contributed by atoms with van der Waals surface area (Å²) in [5.41, 5.74) is 1.57. The predicted molar refractivity (Wildman–Crippen MR) is 248 cm³/mol. The molecule has 4 aliphatic heterocycles. The molecule has 15 nitrogen and oxygen atoms in total. The number of morpholine rings is 2. The Morgan fingerprint density at radius 1 is 0.806 bits per heavy atom. The van der Waals surface area contributed by atoms with Crippen LogP contribution < -0.4 is 25.2 Å². The third-order valence-corrected chi connectivity index (χ3v) is 13.3. The summed E-state index contributed by atoms with van der Waals surface area (Å²) in [5, 5.41) is 15.9. The van der Waals surface area contributed by atoms with Crippen molar-refractivity contribution in [1.82, 2.24) is 10.2 Å². The Morgan fingerprint density at radius 3 is 2.12 bits per heavy atom. The zero-order valence-electron chi connectivity index (χ0n) is 37.4. The Labute approximate surface area is 388 Å². The summed E-state index contributed by atoms with van der Waals surface area (Å²) in [6, 6.07) is 34.3. The lowest BCUT2D eigenvalue weighted by Crippen LogP contribution is -2.57. The van der Waals surface area contributed by atoms with Crippen LogP contribution in [0.15, 0.2) is 133 Å². The van der Waals surface area contributed by atoms with Gasteiger partial charge in [-0.2, -0.15) is 0 Å². The van der Waals surface area contributed by atoms with Crippen LogP contribution in [-0.2, 0) is 38.8 Å². The number of carbonyl (C=O) groups is 5. The molecule has 5 aromatic rings. The van der Waals surface area contributed by atoms with Crippen molar-refractivity contribution in [3.05, 3.63) is 156 Å². The molecule has 0 aliphatic carbocycles. The number of imide groups is 1. The number of para-hydroxylation sites is 2. The third-order valence-electron chi connectivity index (χ3n) is 13.3. The normalized spacial score (nSPS) is 23.9. The molecule has 4 heterocycles. The lowest BCUT2D eigenvalue weighted by molar-refractivity contribution is -0.178. The van der Waals surface area contributed by atoms with Gasteiger partial charge in [0.05, 0.1) is 50.6 Å². The first kappa shape index (κ1) is 45.1. The van der Waals surface area contributed by atoms with E-state index < -0.39 is 77.3 Å². The molecule has 15 heteroatoms. The number of urea groups is 1. The van der Waals surface area contributed by atoms with Crippen LogP contribution in [0.4, 0.5) is 21.9 Å². The summed E-state index contributed by atoms with van der Waals surface area (Å²) >= 11 is 0. The first-order chi connectivity index (χ1) is 32.6. The van der Waals surface area contributed by atoms with E-state index in [1.54, 1.807) is 74.5 Å². The number of aliphatic hydroxyl groups excluding tert-OH is 1. The summed E-state index contributed by atoms with van der Waals surface area (Å²) in [7, 11) is 1.22. The van der Waals surface area contributed by atoms with E-state index in [1.807, 2.05) is 77.7 Å². The van der Waals surface area contributed by atoms with Gasteiger partial charge in [0, 0.05) is 30.0 Å². The van der Waals surface area contributed by atoms with Gasteiger partial charge < -0.3 is 39.6 Å². The second kappa shape index (κ2) is 19.0. The van der Waals surface area contributed by atoms with Gasteiger partial charge in [-0.1, -0.05) is 111 Å². The first-order valence-corrected chi connectivity index (χ1v) is 22.6. The third kappa shape index (κ3) is 7.96. The average Bonchev–Trinajstić information content (AvgIpc) is 3.82. The summed E-state index contributed by atoms with van der Waals surface area (Å²) in [4.78, 5) is 80.7. The number of methoxy groups -OCH3 is 1. The number of ether oxygens (including phenoxy) is 4. The van der Waals surface area contributed by atoms with Crippen molar-refractivity contribution in [1.29, 1.82) is 0 Å². The minimum atomic E-state index is -2.06. The number of nitrogens with zero attached hydrogens (tertiary/aromatic N) is 3. The largest absolute Gasteiger partial charge is 0.491 e. The molecule has 4 aliphatic rings. The van der Waals surface area contributed by atoms with Crippen molar-refractivity contribution in [3.63, 3.8) is 0 Å². The Kier molecular flexibility index (Phi) is 12.8. The highest BCUT2D eigenvalue weighted by atomic mass is 16.6. The molecule has 67 heavy (non-hydrogen) atoms. The quantitative estimate of drug-likeness (QED) is 0.123. The first-order valence-electron chi connectivity index (χ1n) is 22.6. The van der Waals surface area contributed by atoms with Crippen LogP contribution in [0.2, 0.25) is 0 Å². The molecule has 346 valence electrons. The Morgan fingerprint density at radius 2 is 1.45 bits per heavy atom. The number of cyclic esters (lactones) is 1. The maximum absolute atomic E-state index is 16.5. The molecule has 0 aromatic heterocycles. The number of amides is 4. The van der Waals surface area contributed by atoms with Crippen molar-refractivity contribution in [3.8, 4) is 5.75 Å². The van der Waals surface area contributed by atoms with Gasteiger partial charge in [0.2, 0.25) is 11.8 Å². The molecule has 0 radical (unpaired) electrons. The SMILES string of the molecule is COC(=O)[C@@H](NC(=O)N1C(=O)[C@@]2(c3ccccc31)[C@H](c1ccccc1OCCO)N1[C@H](c3ccccc3)[C@H](c3ccccc3)OC(=O)[C@H]1[C@@H]2C(=O)Nc1ccc(N2CCOCC2)cc1)C(C)C. The maximum Gasteiger partial charge on any atom is 0.329 e. The van der Waals surface area contributed by atoms with E-state index >= 15 is 14.4 Å². The summed E-state index contributed by atoms with van der Waals surface area (Å²) in [5.74, 6) is -4.65. The minimum absolute atomic E-state index is 0.107. The van der Waals surface area contributed by atoms with Crippen LogP contribution in [0.1, 0.15) is 54.3 Å². The van der Waals surface area contributed by atoms with Gasteiger partial charge in [0.25, 0.3) is 0 Å². The molecule has 0 saturated carbocycles. The number of nitrogens with one attached hydrogen (secondary N) is 2. The standard InChI is InChI=1S/C52H53N5O10/c1-32(2)42(48(60)64-3)54-51(63)56-39-20-12-11-19-38(39)52(50(56)62)41(47(59)53-35-22-24-36(25-23-35)55-26-29-65-30-27-55)44-49(61)67-45(34-16-8-5-9-17-34)43(33-14-6-4-7-15-33)57(44)46(52)37-18-10-13-21-40(37)66-31-28-58/h4-25,32,41-46,58H,26-31H2,1-3H3,(H,53,59)(H,54,63)/t41-,42+,43-,44-,45+,46+,52-/m1/s1. The lowest BCUT2D eigenvalue weighted by atomic mass is 9.65. The van der Waals surface area contributed by atoms with E-state index in [0.717, 1.165) is 16.2 Å². The van der Waals surface area contributed by atoms with Crippen LogP contribution in [0, 0.1) is 11.8 Å². The van der Waals surface area contributed by atoms with Crippen LogP contribution in [0.25, 0.3) is 0 Å². The van der Waals surface area contributed by atoms with Crippen molar-refractivity contribution in [2.45, 2.75) is 49.5 Å². The minimum Gasteiger partial charge on any atom is -0.491 e. The van der Waals surface area contributed by atoms with Crippen LogP contribution in [0.3, 0.4) is 0 Å². The Balaban J connectivity index is 1.30. The molecule has 0 bridgehead atoms. The van der Waals surface area contributed by atoms with E-state index in [-0.39, 0.29) is 18.9 Å². The number of anilines is 3. The highest BCUT2D eigenvalue weighted by molar-refractivity contribution is 6.25.